The smallest absolute Gasteiger partial charge is 0.226 e. The standard InChI is InChI=1S/C18H20N6/c1-13-11-14(2)21-18(20-13)24-9-4-6-16(24)15-5-3-7-17(22-15)23-10-8-19-12-23/h3,5,7-8,10-12,16H,4,6,9H2,1-2H3. The van der Waals surface area contributed by atoms with E-state index in [-0.39, 0.29) is 6.04 Å². The van der Waals surface area contributed by atoms with E-state index < -0.39 is 0 Å². The molecule has 1 atom stereocenters. The maximum absolute atomic E-state index is 4.84. The van der Waals surface area contributed by atoms with Crippen LogP contribution >= 0.6 is 0 Å². The van der Waals surface area contributed by atoms with Crippen LogP contribution in [0.3, 0.4) is 0 Å². The van der Waals surface area contributed by atoms with Gasteiger partial charge in [0.1, 0.15) is 12.1 Å². The van der Waals surface area contributed by atoms with Crippen molar-refractivity contribution in [3.05, 3.63) is 60.1 Å². The molecule has 0 aliphatic carbocycles. The minimum Gasteiger partial charge on any atom is -0.332 e. The molecule has 1 unspecified atom stereocenters. The molecule has 0 aromatic carbocycles. The van der Waals surface area contributed by atoms with Crippen LogP contribution in [0.5, 0.6) is 0 Å². The summed E-state index contributed by atoms with van der Waals surface area (Å²) in [7, 11) is 0. The summed E-state index contributed by atoms with van der Waals surface area (Å²) < 4.78 is 1.93. The predicted molar refractivity (Wildman–Crippen MR) is 92.2 cm³/mol. The number of anilines is 1. The molecule has 1 fully saturated rings. The Balaban J connectivity index is 1.69. The van der Waals surface area contributed by atoms with E-state index in [1.807, 2.05) is 36.7 Å². The molecule has 6 heteroatoms. The van der Waals surface area contributed by atoms with Gasteiger partial charge in [-0.25, -0.2) is 19.9 Å². The number of hydrogen-bond donors (Lipinski definition) is 0. The third-order valence-corrected chi connectivity index (χ3v) is 4.35. The molecular formula is C18H20N6. The zero-order valence-corrected chi connectivity index (χ0v) is 13.9. The first-order chi connectivity index (χ1) is 11.7. The Morgan fingerprint density at radius 2 is 1.92 bits per heavy atom. The summed E-state index contributed by atoms with van der Waals surface area (Å²) in [5.74, 6) is 1.70. The van der Waals surface area contributed by atoms with Crippen LogP contribution in [0.1, 0.15) is 36.0 Å². The largest absolute Gasteiger partial charge is 0.332 e. The number of aromatic nitrogens is 5. The maximum atomic E-state index is 4.84. The van der Waals surface area contributed by atoms with Gasteiger partial charge < -0.3 is 4.90 Å². The first kappa shape index (κ1) is 14.8. The Bertz CT molecular complexity index is 822. The monoisotopic (exact) mass is 320 g/mol. The van der Waals surface area contributed by atoms with Crippen molar-refractivity contribution in [2.75, 3.05) is 11.4 Å². The third kappa shape index (κ3) is 2.75. The highest BCUT2D eigenvalue weighted by Crippen LogP contribution is 2.34. The minimum atomic E-state index is 0.217. The number of nitrogens with zero attached hydrogens (tertiary/aromatic N) is 6. The summed E-state index contributed by atoms with van der Waals surface area (Å²) in [6.45, 7) is 4.99. The van der Waals surface area contributed by atoms with Crippen LogP contribution in [0.25, 0.3) is 5.82 Å². The van der Waals surface area contributed by atoms with E-state index >= 15 is 0 Å². The Morgan fingerprint density at radius 1 is 1.08 bits per heavy atom. The van der Waals surface area contributed by atoms with Gasteiger partial charge in [-0.3, -0.25) is 4.57 Å². The molecule has 3 aromatic heterocycles. The van der Waals surface area contributed by atoms with Crippen molar-refractivity contribution in [1.29, 1.82) is 0 Å². The van der Waals surface area contributed by atoms with Gasteiger partial charge in [-0.2, -0.15) is 0 Å². The van der Waals surface area contributed by atoms with Gasteiger partial charge in [-0.15, -0.1) is 0 Å². The fourth-order valence-electron chi connectivity index (χ4n) is 3.31. The molecule has 122 valence electrons. The van der Waals surface area contributed by atoms with Crippen LogP contribution in [0.2, 0.25) is 0 Å². The molecule has 0 saturated carbocycles. The normalized spacial score (nSPS) is 17.4. The van der Waals surface area contributed by atoms with Gasteiger partial charge in [0.25, 0.3) is 0 Å². The Hall–Kier alpha value is -2.76. The molecule has 3 aromatic rings. The van der Waals surface area contributed by atoms with Crippen molar-refractivity contribution in [3.8, 4) is 5.82 Å². The molecule has 6 nitrogen and oxygen atoms in total. The fraction of sp³-hybridized carbons (Fsp3) is 0.333. The summed E-state index contributed by atoms with van der Waals surface area (Å²) in [6, 6.07) is 8.36. The summed E-state index contributed by atoms with van der Waals surface area (Å²) in [4.78, 5) is 20.5. The summed E-state index contributed by atoms with van der Waals surface area (Å²) in [5.41, 5.74) is 3.06. The van der Waals surface area contributed by atoms with Gasteiger partial charge in [-0.05, 0) is 44.9 Å². The first-order valence-electron chi connectivity index (χ1n) is 8.25. The van der Waals surface area contributed by atoms with E-state index in [9.17, 15) is 0 Å². The second-order valence-electron chi connectivity index (χ2n) is 6.19. The molecule has 24 heavy (non-hydrogen) atoms. The molecule has 0 spiro atoms. The molecule has 4 heterocycles. The number of hydrogen-bond acceptors (Lipinski definition) is 5. The molecule has 0 bridgehead atoms. The highest BCUT2D eigenvalue weighted by Gasteiger charge is 2.29. The molecule has 1 aliphatic heterocycles. The zero-order chi connectivity index (χ0) is 16.5. The lowest BCUT2D eigenvalue weighted by molar-refractivity contribution is 0.674. The van der Waals surface area contributed by atoms with Crippen molar-refractivity contribution in [3.63, 3.8) is 0 Å². The zero-order valence-electron chi connectivity index (χ0n) is 13.9. The van der Waals surface area contributed by atoms with E-state index in [4.69, 9.17) is 4.98 Å². The lowest BCUT2D eigenvalue weighted by Crippen LogP contribution is -2.26. The SMILES string of the molecule is Cc1cc(C)nc(N2CCCC2c2cccc(-n3ccnc3)n2)n1. The van der Waals surface area contributed by atoms with E-state index in [0.717, 1.165) is 48.2 Å². The molecule has 4 rings (SSSR count). The highest BCUT2D eigenvalue weighted by molar-refractivity contribution is 5.39. The van der Waals surface area contributed by atoms with Gasteiger partial charge in [0, 0.05) is 30.3 Å². The quantitative estimate of drug-likeness (QED) is 0.742. The van der Waals surface area contributed by atoms with E-state index in [1.54, 1.807) is 12.5 Å². The van der Waals surface area contributed by atoms with Crippen LogP contribution in [-0.2, 0) is 0 Å². The van der Waals surface area contributed by atoms with Crippen molar-refractivity contribution in [1.82, 2.24) is 24.5 Å². The van der Waals surface area contributed by atoms with Crippen molar-refractivity contribution < 1.29 is 0 Å². The fourth-order valence-corrected chi connectivity index (χ4v) is 3.31. The van der Waals surface area contributed by atoms with Crippen LogP contribution in [0.15, 0.2) is 43.0 Å². The van der Waals surface area contributed by atoms with E-state index in [0.29, 0.717) is 0 Å². The average Bonchev–Trinajstić information content (AvgIpc) is 3.26. The first-order valence-corrected chi connectivity index (χ1v) is 8.25. The maximum Gasteiger partial charge on any atom is 0.226 e. The second kappa shape index (κ2) is 6.03. The highest BCUT2D eigenvalue weighted by atomic mass is 15.3. The molecule has 0 radical (unpaired) electrons. The number of rotatable bonds is 3. The molecule has 1 aliphatic rings. The molecule has 0 N–H and O–H groups in total. The lowest BCUT2D eigenvalue weighted by Gasteiger charge is -2.25. The Labute approximate surface area is 141 Å². The van der Waals surface area contributed by atoms with Crippen LogP contribution in [-0.4, -0.2) is 31.0 Å². The molecule has 1 saturated heterocycles. The van der Waals surface area contributed by atoms with E-state index in [1.165, 1.54) is 0 Å². The van der Waals surface area contributed by atoms with Crippen molar-refractivity contribution in [2.24, 2.45) is 0 Å². The second-order valence-corrected chi connectivity index (χ2v) is 6.19. The van der Waals surface area contributed by atoms with Crippen molar-refractivity contribution >= 4 is 5.95 Å². The summed E-state index contributed by atoms with van der Waals surface area (Å²) >= 11 is 0. The Kier molecular flexibility index (Phi) is 3.72. The average molecular weight is 320 g/mol. The molecule has 0 amide bonds. The lowest BCUT2D eigenvalue weighted by atomic mass is 10.1. The third-order valence-electron chi connectivity index (χ3n) is 4.35. The summed E-state index contributed by atoms with van der Waals surface area (Å²) in [5, 5.41) is 0. The van der Waals surface area contributed by atoms with Crippen molar-refractivity contribution in [2.45, 2.75) is 32.7 Å². The van der Waals surface area contributed by atoms with Gasteiger partial charge in [0.15, 0.2) is 0 Å². The Morgan fingerprint density at radius 3 is 2.67 bits per heavy atom. The van der Waals surface area contributed by atoms with Gasteiger partial charge >= 0.3 is 0 Å². The van der Waals surface area contributed by atoms with Gasteiger partial charge in [0.05, 0.1) is 11.7 Å². The molecular weight excluding hydrogens is 300 g/mol. The van der Waals surface area contributed by atoms with Crippen LogP contribution in [0, 0.1) is 13.8 Å². The number of imidazole rings is 1. The van der Waals surface area contributed by atoms with E-state index in [2.05, 4.69) is 32.0 Å². The van der Waals surface area contributed by atoms with Gasteiger partial charge in [-0.1, -0.05) is 6.07 Å². The summed E-state index contributed by atoms with van der Waals surface area (Å²) in [6.07, 6.45) is 7.63. The topological polar surface area (TPSA) is 59.7 Å². The minimum absolute atomic E-state index is 0.217. The van der Waals surface area contributed by atoms with Crippen LogP contribution in [0.4, 0.5) is 5.95 Å². The van der Waals surface area contributed by atoms with Gasteiger partial charge in [0.2, 0.25) is 5.95 Å². The number of aryl methyl sites for hydroxylation is 2. The predicted octanol–water partition coefficient (Wildman–Crippen LogP) is 3.02. The van der Waals surface area contributed by atoms with Crippen LogP contribution < -0.4 is 4.90 Å². The number of pyridine rings is 1.